The Morgan fingerprint density at radius 3 is 0.894 bits per heavy atom. The van der Waals surface area contributed by atoms with Crippen LogP contribution < -0.4 is 11.5 Å². The van der Waals surface area contributed by atoms with Gasteiger partial charge in [-0.15, -0.1) is 0 Å². The quantitative estimate of drug-likeness (QED) is 0.0682. The minimum absolute atomic E-state index is 0. The molecule has 0 spiro atoms. The first-order valence-electron chi connectivity index (χ1n) is 17.6. The van der Waals surface area contributed by atoms with Crippen molar-refractivity contribution in [2.45, 2.75) is 163 Å². The average molecular weight is 665 g/mol. The Morgan fingerprint density at radius 1 is 0.404 bits per heavy atom. The Bertz CT molecular complexity index is 848. The van der Waals surface area contributed by atoms with Crippen molar-refractivity contribution in [3.05, 3.63) is 70.8 Å². The fraction of sp³-hybridized carbons (Fsp3) is 0.707. The van der Waals surface area contributed by atoms with Crippen LogP contribution in [0.3, 0.4) is 0 Å². The predicted molar refractivity (Wildman–Crippen MR) is 203 cm³/mol. The van der Waals surface area contributed by atoms with Crippen LogP contribution in [0, 0.1) is 0 Å². The van der Waals surface area contributed by atoms with E-state index >= 15 is 0 Å². The van der Waals surface area contributed by atoms with Gasteiger partial charge in [-0.2, -0.15) is 0 Å². The second-order valence-electron chi connectivity index (χ2n) is 13.3. The summed E-state index contributed by atoms with van der Waals surface area (Å²) in [7, 11) is 0. The molecular weight excluding hydrogens is 584 g/mol. The van der Waals surface area contributed by atoms with Crippen LogP contribution in [0.25, 0.3) is 0 Å². The highest BCUT2D eigenvalue weighted by atomic mass is 16.3. The van der Waals surface area contributed by atoms with Crippen LogP contribution in [0.15, 0.2) is 48.5 Å². The van der Waals surface area contributed by atoms with Crippen LogP contribution in [-0.2, 0) is 25.7 Å². The number of benzene rings is 2. The summed E-state index contributed by atoms with van der Waals surface area (Å²) in [4.78, 5) is 0. The number of unbranched alkanes of at least 4 members (excludes halogenated alkanes) is 10. The van der Waals surface area contributed by atoms with Crippen molar-refractivity contribution in [2.75, 3.05) is 26.4 Å². The van der Waals surface area contributed by atoms with Crippen molar-refractivity contribution in [3.63, 3.8) is 0 Å². The summed E-state index contributed by atoms with van der Waals surface area (Å²) in [6, 6.07) is 17.5. The summed E-state index contributed by atoms with van der Waals surface area (Å²) >= 11 is 0. The summed E-state index contributed by atoms with van der Waals surface area (Å²) in [6.07, 6.45) is 21.5. The van der Waals surface area contributed by atoms with Crippen molar-refractivity contribution in [1.82, 2.24) is 0 Å². The normalized spacial score (nSPS) is 11.1. The van der Waals surface area contributed by atoms with Crippen molar-refractivity contribution < 1.29 is 31.9 Å². The molecule has 0 atom stereocenters. The van der Waals surface area contributed by atoms with Crippen LogP contribution in [0.5, 0.6) is 0 Å². The summed E-state index contributed by atoms with van der Waals surface area (Å²) in [6.45, 7) is 4.22. The number of hydrogen-bond acceptors (Lipinski definition) is 4. The fourth-order valence-corrected chi connectivity index (χ4v) is 5.20. The van der Waals surface area contributed by atoms with Gasteiger partial charge in [-0.25, -0.2) is 0 Å². The number of quaternary nitrogens is 2. The van der Waals surface area contributed by atoms with Gasteiger partial charge in [-0.3, -0.25) is 0 Å². The molecule has 0 aliphatic rings. The third kappa shape index (κ3) is 23.2. The first-order chi connectivity index (χ1) is 21.3. The predicted octanol–water partition coefficient (Wildman–Crippen LogP) is 6.88. The molecule has 0 heterocycles. The number of hydrogen-bond donors (Lipinski definition) is 6. The van der Waals surface area contributed by atoms with Gasteiger partial charge < -0.3 is 31.9 Å². The molecule has 276 valence electrons. The topological polar surface area (TPSA) is 136 Å². The maximum atomic E-state index is 9.26. The van der Waals surface area contributed by atoms with E-state index in [0.29, 0.717) is 12.8 Å². The molecule has 0 radical (unpaired) electrons. The lowest BCUT2D eigenvalue weighted by Gasteiger charge is -2.20. The van der Waals surface area contributed by atoms with Gasteiger partial charge in [0.1, 0.15) is 37.5 Å². The SMILES string of the molecule is C.C.C.CCCCCCCCc1ccc(CCC([NH3+])(CO)CO)cc1.CCCCCCCCc1ccc(CCC([NH3+])(CO)CO)cc1. The van der Waals surface area contributed by atoms with Crippen molar-refractivity contribution in [1.29, 1.82) is 0 Å². The van der Waals surface area contributed by atoms with Crippen molar-refractivity contribution >= 4 is 0 Å². The molecule has 6 heteroatoms. The maximum absolute atomic E-state index is 9.26. The van der Waals surface area contributed by atoms with Gasteiger partial charge >= 0.3 is 0 Å². The van der Waals surface area contributed by atoms with E-state index in [0.717, 1.165) is 12.8 Å². The van der Waals surface area contributed by atoms with E-state index in [9.17, 15) is 20.4 Å². The smallest absolute Gasteiger partial charge is 0.141 e. The molecule has 0 amide bonds. The van der Waals surface area contributed by atoms with E-state index in [-0.39, 0.29) is 48.7 Å². The molecule has 0 unspecified atom stereocenters. The Morgan fingerprint density at radius 2 is 0.638 bits per heavy atom. The number of aliphatic hydroxyl groups is 4. The summed E-state index contributed by atoms with van der Waals surface area (Å²) < 4.78 is 0. The Balaban J connectivity index is -0.000000774. The van der Waals surface area contributed by atoms with Crippen LogP contribution in [0.4, 0.5) is 0 Å². The summed E-state index contributed by atoms with van der Waals surface area (Å²) in [5, 5.41) is 37.0. The molecule has 0 aliphatic carbocycles. The molecule has 0 fully saturated rings. The Labute approximate surface area is 291 Å². The van der Waals surface area contributed by atoms with E-state index in [1.807, 2.05) is 0 Å². The van der Waals surface area contributed by atoms with Gasteiger partial charge in [0.2, 0.25) is 0 Å². The highest BCUT2D eigenvalue weighted by molar-refractivity contribution is 5.24. The average Bonchev–Trinajstić information content (AvgIpc) is 3.07. The lowest BCUT2D eigenvalue weighted by atomic mass is 9.93. The first kappa shape index (κ1) is 49.6. The van der Waals surface area contributed by atoms with Crippen LogP contribution in [0.1, 0.15) is 148 Å². The Kier molecular flexibility index (Phi) is 31.9. The zero-order chi connectivity index (χ0) is 32.5. The number of rotatable bonds is 24. The summed E-state index contributed by atoms with van der Waals surface area (Å²) in [5.74, 6) is 0. The van der Waals surface area contributed by atoms with E-state index in [1.165, 1.54) is 112 Å². The number of aryl methyl sites for hydroxylation is 4. The highest BCUT2D eigenvalue weighted by Crippen LogP contribution is 2.16. The lowest BCUT2D eigenvalue weighted by molar-refractivity contribution is -0.491. The van der Waals surface area contributed by atoms with Crippen molar-refractivity contribution in [3.8, 4) is 0 Å². The third-order valence-electron chi connectivity index (χ3n) is 8.91. The molecule has 2 aromatic rings. The Hall–Kier alpha value is -1.80. The maximum Gasteiger partial charge on any atom is 0.141 e. The molecule has 10 N–H and O–H groups in total. The van der Waals surface area contributed by atoms with E-state index < -0.39 is 11.1 Å². The fourth-order valence-electron chi connectivity index (χ4n) is 5.20. The first-order valence-corrected chi connectivity index (χ1v) is 17.6. The van der Waals surface area contributed by atoms with Gasteiger partial charge in [0.15, 0.2) is 0 Å². The number of aliphatic hydroxyl groups excluding tert-OH is 4. The minimum Gasteiger partial charge on any atom is -0.390 e. The van der Waals surface area contributed by atoms with Gasteiger partial charge in [0.25, 0.3) is 0 Å². The third-order valence-corrected chi connectivity index (χ3v) is 8.91. The second kappa shape index (κ2) is 30.3. The molecule has 2 rings (SSSR count). The van der Waals surface area contributed by atoms with Gasteiger partial charge in [-0.1, -0.05) is 149 Å². The molecule has 0 bridgehead atoms. The molecule has 0 saturated heterocycles. The molecule has 47 heavy (non-hydrogen) atoms. The second-order valence-corrected chi connectivity index (χ2v) is 13.3. The van der Waals surface area contributed by atoms with Crippen LogP contribution in [0.2, 0.25) is 0 Å². The molecular formula is C41H80N2O4+2. The molecule has 0 aromatic heterocycles. The molecule has 0 saturated carbocycles. The zero-order valence-corrected chi connectivity index (χ0v) is 28.4. The van der Waals surface area contributed by atoms with Crippen molar-refractivity contribution in [2.24, 2.45) is 0 Å². The highest BCUT2D eigenvalue weighted by Gasteiger charge is 2.27. The zero-order valence-electron chi connectivity index (χ0n) is 28.4. The minimum atomic E-state index is -0.614. The molecule has 0 aliphatic heterocycles. The van der Waals surface area contributed by atoms with Gasteiger partial charge in [0.05, 0.1) is 0 Å². The largest absolute Gasteiger partial charge is 0.390 e. The van der Waals surface area contributed by atoms with Crippen LogP contribution in [-0.4, -0.2) is 57.9 Å². The lowest BCUT2D eigenvalue weighted by Crippen LogP contribution is -2.76. The monoisotopic (exact) mass is 665 g/mol. The van der Waals surface area contributed by atoms with Gasteiger partial charge in [-0.05, 0) is 60.8 Å². The van der Waals surface area contributed by atoms with Crippen LogP contribution >= 0.6 is 0 Å². The standard InChI is InChI=1S/2C19H33NO2.3CH4/c2*1-2-3-4-5-6-7-8-17-9-11-18(12-10-17)13-14-19(20,15-21)16-22;;;/h2*9-12,21-22H,2-8,13-16,20H2,1H3;3*1H4/p+2. The summed E-state index contributed by atoms with van der Waals surface area (Å²) in [5.41, 5.74) is 11.9. The van der Waals surface area contributed by atoms with E-state index in [4.69, 9.17) is 0 Å². The van der Waals surface area contributed by atoms with E-state index in [1.54, 1.807) is 0 Å². The molecule has 6 nitrogen and oxygen atoms in total. The molecule has 2 aromatic carbocycles. The van der Waals surface area contributed by atoms with Gasteiger partial charge in [0, 0.05) is 12.8 Å². The van der Waals surface area contributed by atoms with E-state index in [2.05, 4.69) is 73.8 Å².